The molecule has 3 rings (SSSR count). The molecule has 0 amide bonds. The lowest BCUT2D eigenvalue weighted by Gasteiger charge is -2.05. The quantitative estimate of drug-likeness (QED) is 0.746. The second-order valence-corrected chi connectivity index (χ2v) is 4.87. The van der Waals surface area contributed by atoms with Crippen molar-refractivity contribution in [2.75, 3.05) is 0 Å². The maximum absolute atomic E-state index is 13.2. The van der Waals surface area contributed by atoms with Gasteiger partial charge in [0.15, 0.2) is 5.76 Å². The monoisotopic (exact) mass is 283 g/mol. The zero-order valence-electron chi connectivity index (χ0n) is 11.3. The minimum Gasteiger partial charge on any atom is -0.453 e. The van der Waals surface area contributed by atoms with Gasteiger partial charge in [0.1, 0.15) is 11.4 Å². The van der Waals surface area contributed by atoms with E-state index in [9.17, 15) is 9.18 Å². The third-order valence-electron chi connectivity index (χ3n) is 3.44. The van der Waals surface area contributed by atoms with E-state index in [1.807, 2.05) is 24.3 Å². The van der Waals surface area contributed by atoms with E-state index >= 15 is 0 Å². The number of carbonyl (C=O) groups is 1. The number of halogens is 1. The Morgan fingerprint density at radius 2 is 1.86 bits per heavy atom. The molecule has 0 bridgehead atoms. The van der Waals surface area contributed by atoms with Crippen LogP contribution in [0.15, 0.2) is 52.9 Å². The van der Waals surface area contributed by atoms with E-state index in [1.165, 1.54) is 18.2 Å². The molecule has 2 N–H and O–H groups in total. The lowest BCUT2D eigenvalue weighted by molar-refractivity contribution is 0.0968. The highest BCUT2D eigenvalue weighted by atomic mass is 19.1. The first-order chi connectivity index (χ1) is 10.2. The minimum absolute atomic E-state index is 0.146. The van der Waals surface area contributed by atoms with Gasteiger partial charge in [-0.1, -0.05) is 24.3 Å². The fraction of sp³-hybridized carbons (Fsp3) is 0.118. The molecule has 0 saturated heterocycles. The van der Waals surface area contributed by atoms with Crippen LogP contribution in [0, 0.1) is 5.82 Å². The van der Waals surface area contributed by atoms with Crippen molar-refractivity contribution in [1.29, 1.82) is 0 Å². The van der Waals surface area contributed by atoms with Gasteiger partial charge in [0, 0.05) is 18.4 Å². The maximum atomic E-state index is 13.2. The first kappa shape index (κ1) is 13.5. The molecule has 4 heteroatoms. The van der Waals surface area contributed by atoms with Gasteiger partial charge in [0.05, 0.1) is 0 Å². The lowest BCUT2D eigenvalue weighted by atomic mass is 10.0. The molecule has 0 unspecified atom stereocenters. The molecule has 0 fully saturated rings. The second kappa shape index (κ2) is 5.50. The molecule has 1 heterocycles. The number of hydrogen-bond donors (Lipinski definition) is 1. The Hall–Kier alpha value is -2.46. The Morgan fingerprint density at radius 3 is 2.62 bits per heavy atom. The summed E-state index contributed by atoms with van der Waals surface area (Å²) in [6.07, 6.45) is 0.218. The molecule has 3 nitrogen and oxygen atoms in total. The largest absolute Gasteiger partial charge is 0.453 e. The van der Waals surface area contributed by atoms with Crippen LogP contribution in [0.25, 0.3) is 11.0 Å². The smallest absolute Gasteiger partial charge is 0.202 e. The molecule has 106 valence electrons. The summed E-state index contributed by atoms with van der Waals surface area (Å²) in [4.78, 5) is 12.3. The van der Waals surface area contributed by atoms with Gasteiger partial charge in [-0.3, -0.25) is 4.79 Å². The third-order valence-corrected chi connectivity index (χ3v) is 3.44. The molecular weight excluding hydrogens is 269 g/mol. The van der Waals surface area contributed by atoms with Crippen LogP contribution in [0.2, 0.25) is 0 Å². The fourth-order valence-corrected chi connectivity index (χ4v) is 2.34. The van der Waals surface area contributed by atoms with E-state index in [-0.39, 0.29) is 23.8 Å². The number of benzene rings is 2. The van der Waals surface area contributed by atoms with Crippen LogP contribution in [0.3, 0.4) is 0 Å². The van der Waals surface area contributed by atoms with Crippen molar-refractivity contribution in [3.05, 3.63) is 71.2 Å². The molecule has 0 spiro atoms. The summed E-state index contributed by atoms with van der Waals surface area (Å²) < 4.78 is 18.6. The van der Waals surface area contributed by atoms with E-state index in [4.69, 9.17) is 10.2 Å². The molecule has 0 aliphatic carbocycles. The number of nitrogens with two attached hydrogens (primary N) is 1. The van der Waals surface area contributed by atoms with Gasteiger partial charge in [-0.05, 0) is 35.4 Å². The summed E-state index contributed by atoms with van der Waals surface area (Å²) in [6.45, 7) is 0.384. The zero-order chi connectivity index (χ0) is 14.8. The number of ketones is 1. The molecule has 1 aromatic heterocycles. The predicted molar refractivity (Wildman–Crippen MR) is 78.5 cm³/mol. The van der Waals surface area contributed by atoms with E-state index in [0.29, 0.717) is 17.5 Å². The lowest BCUT2D eigenvalue weighted by Crippen LogP contribution is -2.07. The normalized spacial score (nSPS) is 11.0. The van der Waals surface area contributed by atoms with E-state index in [0.717, 1.165) is 11.1 Å². The van der Waals surface area contributed by atoms with Crippen molar-refractivity contribution in [2.45, 2.75) is 13.0 Å². The van der Waals surface area contributed by atoms with E-state index in [2.05, 4.69) is 0 Å². The Morgan fingerprint density at radius 1 is 1.10 bits per heavy atom. The van der Waals surface area contributed by atoms with Gasteiger partial charge in [0.25, 0.3) is 0 Å². The molecule has 3 aromatic rings. The molecule has 0 radical (unpaired) electrons. The Bertz CT molecular complexity index is 807. The van der Waals surface area contributed by atoms with Crippen LogP contribution in [0.5, 0.6) is 0 Å². The Balaban J connectivity index is 1.90. The van der Waals surface area contributed by atoms with Crippen molar-refractivity contribution < 1.29 is 13.6 Å². The summed E-state index contributed by atoms with van der Waals surface area (Å²) in [7, 11) is 0. The molecule has 0 aliphatic heterocycles. The van der Waals surface area contributed by atoms with Gasteiger partial charge >= 0.3 is 0 Å². The highest BCUT2D eigenvalue weighted by Crippen LogP contribution is 2.22. The molecule has 2 aromatic carbocycles. The van der Waals surface area contributed by atoms with Crippen LogP contribution in [-0.4, -0.2) is 5.78 Å². The zero-order valence-corrected chi connectivity index (χ0v) is 11.3. The van der Waals surface area contributed by atoms with Gasteiger partial charge in [-0.2, -0.15) is 0 Å². The van der Waals surface area contributed by atoms with Crippen molar-refractivity contribution in [3.63, 3.8) is 0 Å². The molecular formula is C17H14FNO2. The second-order valence-electron chi connectivity index (χ2n) is 4.87. The van der Waals surface area contributed by atoms with Crippen LogP contribution in [0.1, 0.15) is 21.7 Å². The fourth-order valence-electron chi connectivity index (χ4n) is 2.34. The Labute approximate surface area is 121 Å². The molecule has 0 aliphatic rings. The molecule has 0 atom stereocenters. The first-order valence-corrected chi connectivity index (χ1v) is 6.66. The predicted octanol–water partition coefficient (Wildman–Crippen LogP) is 3.46. The van der Waals surface area contributed by atoms with Gasteiger partial charge in [-0.15, -0.1) is 0 Å². The molecule has 21 heavy (non-hydrogen) atoms. The number of furan rings is 1. The van der Waals surface area contributed by atoms with Crippen LogP contribution < -0.4 is 5.73 Å². The highest BCUT2D eigenvalue weighted by molar-refractivity contribution is 5.98. The van der Waals surface area contributed by atoms with Crippen LogP contribution in [0.4, 0.5) is 4.39 Å². The topological polar surface area (TPSA) is 56.2 Å². The summed E-state index contributed by atoms with van der Waals surface area (Å²) in [5.74, 6) is -0.259. The van der Waals surface area contributed by atoms with Gasteiger partial charge in [-0.25, -0.2) is 4.39 Å². The number of carbonyl (C=O) groups excluding carboxylic acids is 1. The average Bonchev–Trinajstić information content (AvgIpc) is 2.91. The summed E-state index contributed by atoms with van der Waals surface area (Å²) >= 11 is 0. The summed E-state index contributed by atoms with van der Waals surface area (Å²) in [6, 6.07) is 13.3. The van der Waals surface area contributed by atoms with Crippen molar-refractivity contribution in [3.8, 4) is 0 Å². The van der Waals surface area contributed by atoms with Gasteiger partial charge in [0.2, 0.25) is 5.78 Å². The number of fused-ring (bicyclic) bond motifs is 1. The van der Waals surface area contributed by atoms with Gasteiger partial charge < -0.3 is 10.2 Å². The SMILES string of the molecule is NCc1ccccc1CC(=O)c1cc2cc(F)ccc2o1. The number of Topliss-reactive ketones (excluding diaryl/α,β-unsaturated/α-hetero) is 1. The third kappa shape index (κ3) is 2.71. The Kier molecular flexibility index (Phi) is 3.54. The van der Waals surface area contributed by atoms with Crippen molar-refractivity contribution in [2.24, 2.45) is 5.73 Å². The highest BCUT2D eigenvalue weighted by Gasteiger charge is 2.14. The standard InChI is InChI=1S/C17H14FNO2/c18-14-5-6-16-13(7-14)9-17(21-16)15(20)8-11-3-1-2-4-12(11)10-19/h1-7,9H,8,10,19H2. The van der Waals surface area contributed by atoms with Crippen LogP contribution in [-0.2, 0) is 13.0 Å². The summed E-state index contributed by atoms with van der Waals surface area (Å²) in [5.41, 5.74) is 8.00. The molecule has 0 saturated carbocycles. The van der Waals surface area contributed by atoms with Crippen molar-refractivity contribution in [1.82, 2.24) is 0 Å². The summed E-state index contributed by atoms with van der Waals surface area (Å²) in [5, 5.41) is 0.588. The minimum atomic E-state index is -0.351. The maximum Gasteiger partial charge on any atom is 0.202 e. The van der Waals surface area contributed by atoms with E-state index < -0.39 is 0 Å². The average molecular weight is 283 g/mol. The van der Waals surface area contributed by atoms with Crippen LogP contribution >= 0.6 is 0 Å². The van der Waals surface area contributed by atoms with Crippen molar-refractivity contribution >= 4 is 16.8 Å². The number of hydrogen-bond acceptors (Lipinski definition) is 3. The first-order valence-electron chi connectivity index (χ1n) is 6.66. The van der Waals surface area contributed by atoms with E-state index in [1.54, 1.807) is 6.07 Å². The number of rotatable bonds is 4.